The lowest BCUT2D eigenvalue weighted by atomic mass is 9.95. The first-order chi connectivity index (χ1) is 7.79. The topological polar surface area (TPSA) is 21.3 Å². The van der Waals surface area contributed by atoms with Gasteiger partial charge in [0.25, 0.3) is 0 Å². The molecule has 1 heterocycles. The maximum absolute atomic E-state index is 13.0. The van der Waals surface area contributed by atoms with E-state index < -0.39 is 0 Å². The summed E-state index contributed by atoms with van der Waals surface area (Å²) in [4.78, 5) is 0. The zero-order chi connectivity index (χ0) is 11.4. The third-order valence-corrected chi connectivity index (χ3v) is 3.17. The van der Waals surface area contributed by atoms with Gasteiger partial charge in [-0.05, 0) is 43.5 Å². The van der Waals surface area contributed by atoms with E-state index in [2.05, 4.69) is 5.32 Å². The van der Waals surface area contributed by atoms with E-state index in [1.165, 1.54) is 6.07 Å². The first-order valence-electron chi connectivity index (χ1n) is 5.80. The van der Waals surface area contributed by atoms with Crippen LogP contribution in [-0.2, 0) is 11.2 Å². The largest absolute Gasteiger partial charge is 0.380 e. The highest BCUT2D eigenvalue weighted by molar-refractivity contribution is 5.18. The molecule has 16 heavy (non-hydrogen) atoms. The molecule has 3 heteroatoms. The number of ether oxygens (including phenoxy) is 1. The van der Waals surface area contributed by atoms with Gasteiger partial charge >= 0.3 is 0 Å². The van der Waals surface area contributed by atoms with E-state index in [-0.39, 0.29) is 11.9 Å². The van der Waals surface area contributed by atoms with Crippen LogP contribution in [0.25, 0.3) is 0 Å². The average Bonchev–Trinajstić information content (AvgIpc) is 2.30. The van der Waals surface area contributed by atoms with Gasteiger partial charge in [0, 0.05) is 13.2 Å². The van der Waals surface area contributed by atoms with Crippen LogP contribution in [0.15, 0.2) is 24.3 Å². The van der Waals surface area contributed by atoms with Crippen LogP contribution >= 0.6 is 0 Å². The Morgan fingerprint density at radius 2 is 2.38 bits per heavy atom. The lowest BCUT2D eigenvalue weighted by Crippen LogP contribution is -2.47. The molecule has 2 rings (SSSR count). The third kappa shape index (κ3) is 2.80. The van der Waals surface area contributed by atoms with Crippen molar-refractivity contribution < 1.29 is 9.13 Å². The Labute approximate surface area is 95.8 Å². The highest BCUT2D eigenvalue weighted by atomic mass is 19.1. The molecule has 2 nitrogen and oxygen atoms in total. The van der Waals surface area contributed by atoms with Crippen molar-refractivity contribution in [1.29, 1.82) is 0 Å². The summed E-state index contributed by atoms with van der Waals surface area (Å²) in [6.45, 7) is 1.03. The second-order valence-corrected chi connectivity index (χ2v) is 4.31. The Bertz CT molecular complexity index is 342. The molecule has 1 aliphatic heterocycles. The van der Waals surface area contributed by atoms with Crippen molar-refractivity contribution in [2.75, 3.05) is 13.7 Å². The molecule has 0 unspecified atom stereocenters. The van der Waals surface area contributed by atoms with Crippen LogP contribution in [0.1, 0.15) is 18.4 Å². The predicted molar refractivity (Wildman–Crippen MR) is 61.9 cm³/mol. The van der Waals surface area contributed by atoms with E-state index in [0.29, 0.717) is 6.04 Å². The van der Waals surface area contributed by atoms with Crippen molar-refractivity contribution in [2.24, 2.45) is 0 Å². The minimum Gasteiger partial charge on any atom is -0.380 e. The molecule has 1 aromatic carbocycles. The van der Waals surface area contributed by atoms with Crippen molar-refractivity contribution in [3.8, 4) is 0 Å². The standard InChI is InChI=1S/C13H18FNO/c1-16-13-6-3-7-15-12(13)9-10-4-2-5-11(14)8-10/h2,4-5,8,12-13,15H,3,6-7,9H2,1H3/t12-,13-/m0/s1. The second-order valence-electron chi connectivity index (χ2n) is 4.31. The SMILES string of the molecule is CO[C@H]1CCCN[C@H]1Cc1cccc(F)c1. The van der Waals surface area contributed by atoms with Gasteiger partial charge in [0.2, 0.25) is 0 Å². The molecule has 0 spiro atoms. The summed E-state index contributed by atoms with van der Waals surface area (Å²) in [5, 5.41) is 3.44. The number of piperidine rings is 1. The highest BCUT2D eigenvalue weighted by Crippen LogP contribution is 2.16. The van der Waals surface area contributed by atoms with Crippen LogP contribution in [0.4, 0.5) is 4.39 Å². The summed E-state index contributed by atoms with van der Waals surface area (Å²) in [5.41, 5.74) is 1.03. The molecule has 0 saturated carbocycles. The molecule has 0 radical (unpaired) electrons. The Hall–Kier alpha value is -0.930. The van der Waals surface area contributed by atoms with Gasteiger partial charge in [0.15, 0.2) is 0 Å². The van der Waals surface area contributed by atoms with Crippen LogP contribution in [0.5, 0.6) is 0 Å². The average molecular weight is 223 g/mol. The molecular formula is C13H18FNO. The van der Waals surface area contributed by atoms with Crippen LogP contribution in [0.3, 0.4) is 0 Å². The third-order valence-electron chi connectivity index (χ3n) is 3.17. The van der Waals surface area contributed by atoms with E-state index in [9.17, 15) is 4.39 Å². The molecule has 1 N–H and O–H groups in total. The Balaban J connectivity index is 2.02. The molecular weight excluding hydrogens is 205 g/mol. The summed E-state index contributed by atoms with van der Waals surface area (Å²) < 4.78 is 18.5. The van der Waals surface area contributed by atoms with Gasteiger partial charge in [-0.15, -0.1) is 0 Å². The molecule has 0 aliphatic carbocycles. The molecule has 0 amide bonds. The number of nitrogens with one attached hydrogen (secondary N) is 1. The zero-order valence-electron chi connectivity index (χ0n) is 9.58. The van der Waals surface area contributed by atoms with Crippen molar-refractivity contribution >= 4 is 0 Å². The Morgan fingerprint density at radius 3 is 3.12 bits per heavy atom. The molecule has 2 atom stereocenters. The first kappa shape index (κ1) is 11.6. The predicted octanol–water partition coefficient (Wildman–Crippen LogP) is 2.14. The molecule has 0 bridgehead atoms. The van der Waals surface area contributed by atoms with E-state index in [4.69, 9.17) is 4.74 Å². The highest BCUT2D eigenvalue weighted by Gasteiger charge is 2.24. The fourth-order valence-corrected chi connectivity index (χ4v) is 2.33. The Morgan fingerprint density at radius 1 is 1.50 bits per heavy atom. The van der Waals surface area contributed by atoms with Gasteiger partial charge < -0.3 is 10.1 Å². The van der Waals surface area contributed by atoms with E-state index in [1.807, 2.05) is 6.07 Å². The zero-order valence-corrected chi connectivity index (χ0v) is 9.58. The summed E-state index contributed by atoms with van der Waals surface area (Å²) in [6, 6.07) is 7.11. The van der Waals surface area contributed by atoms with Crippen molar-refractivity contribution in [1.82, 2.24) is 5.32 Å². The number of hydrogen-bond donors (Lipinski definition) is 1. The maximum atomic E-state index is 13.0. The van der Waals surface area contributed by atoms with Gasteiger partial charge in [-0.1, -0.05) is 12.1 Å². The number of hydrogen-bond acceptors (Lipinski definition) is 2. The first-order valence-corrected chi connectivity index (χ1v) is 5.80. The monoisotopic (exact) mass is 223 g/mol. The smallest absolute Gasteiger partial charge is 0.123 e. The van der Waals surface area contributed by atoms with Gasteiger partial charge in [0.1, 0.15) is 5.82 Å². The molecule has 88 valence electrons. The van der Waals surface area contributed by atoms with Gasteiger partial charge in [-0.25, -0.2) is 4.39 Å². The fourth-order valence-electron chi connectivity index (χ4n) is 2.33. The lowest BCUT2D eigenvalue weighted by Gasteiger charge is -2.31. The van der Waals surface area contributed by atoms with Crippen LogP contribution in [0.2, 0.25) is 0 Å². The quantitative estimate of drug-likeness (QED) is 0.847. The summed E-state index contributed by atoms with van der Waals surface area (Å²) in [7, 11) is 1.75. The van der Waals surface area contributed by atoms with E-state index in [1.54, 1.807) is 19.2 Å². The number of halogens is 1. The lowest BCUT2D eigenvalue weighted by molar-refractivity contribution is 0.0457. The van der Waals surface area contributed by atoms with Crippen LogP contribution in [-0.4, -0.2) is 25.8 Å². The van der Waals surface area contributed by atoms with Crippen LogP contribution in [0, 0.1) is 5.82 Å². The molecule has 1 aliphatic rings. The van der Waals surface area contributed by atoms with E-state index in [0.717, 1.165) is 31.4 Å². The van der Waals surface area contributed by atoms with Crippen molar-refractivity contribution in [2.45, 2.75) is 31.4 Å². The molecule has 0 aromatic heterocycles. The molecule has 1 aromatic rings. The second kappa shape index (κ2) is 5.41. The van der Waals surface area contributed by atoms with Crippen molar-refractivity contribution in [3.63, 3.8) is 0 Å². The van der Waals surface area contributed by atoms with Crippen LogP contribution < -0.4 is 5.32 Å². The number of benzene rings is 1. The number of rotatable bonds is 3. The summed E-state index contributed by atoms with van der Waals surface area (Å²) in [6.07, 6.45) is 3.31. The van der Waals surface area contributed by atoms with Crippen molar-refractivity contribution in [3.05, 3.63) is 35.6 Å². The minimum atomic E-state index is -0.165. The fraction of sp³-hybridized carbons (Fsp3) is 0.538. The Kier molecular flexibility index (Phi) is 3.91. The summed E-state index contributed by atoms with van der Waals surface area (Å²) >= 11 is 0. The molecule has 1 fully saturated rings. The van der Waals surface area contributed by atoms with Gasteiger partial charge in [-0.3, -0.25) is 0 Å². The van der Waals surface area contributed by atoms with Gasteiger partial charge in [-0.2, -0.15) is 0 Å². The maximum Gasteiger partial charge on any atom is 0.123 e. The van der Waals surface area contributed by atoms with E-state index >= 15 is 0 Å². The molecule has 1 saturated heterocycles. The normalized spacial score (nSPS) is 25.6. The number of methoxy groups -OCH3 is 1. The van der Waals surface area contributed by atoms with Gasteiger partial charge in [0.05, 0.1) is 6.10 Å². The summed E-state index contributed by atoms with van der Waals surface area (Å²) in [5.74, 6) is -0.165. The minimum absolute atomic E-state index is 0.165.